The van der Waals surface area contributed by atoms with Gasteiger partial charge in [-0.15, -0.1) is 0 Å². The maximum Gasteiger partial charge on any atom is 0.237 e. The molecular formula is C13H13F3N2OS. The average molecular weight is 302 g/mol. The summed E-state index contributed by atoms with van der Waals surface area (Å²) in [4.78, 5) is 12.3. The average Bonchev–Trinajstić information content (AvgIpc) is 2.86. The van der Waals surface area contributed by atoms with E-state index in [0.717, 1.165) is 12.8 Å². The summed E-state index contributed by atoms with van der Waals surface area (Å²) < 4.78 is 39.4. The first-order valence-corrected chi connectivity index (χ1v) is 6.53. The van der Waals surface area contributed by atoms with Crippen LogP contribution in [0.4, 0.5) is 18.9 Å². The van der Waals surface area contributed by atoms with E-state index in [0.29, 0.717) is 25.0 Å². The molecule has 108 valence electrons. The number of hydrogen-bond donors (Lipinski definition) is 2. The topological polar surface area (TPSA) is 55.1 Å². The van der Waals surface area contributed by atoms with Crippen LogP contribution < -0.4 is 11.1 Å². The Balaban J connectivity index is 2.27. The molecule has 3 nitrogen and oxygen atoms in total. The number of carbonyl (C=O) groups excluding carboxylic acids is 1. The van der Waals surface area contributed by atoms with Crippen molar-refractivity contribution in [3.8, 4) is 0 Å². The van der Waals surface area contributed by atoms with Crippen LogP contribution in [-0.4, -0.2) is 10.9 Å². The van der Waals surface area contributed by atoms with E-state index in [9.17, 15) is 18.0 Å². The summed E-state index contributed by atoms with van der Waals surface area (Å²) >= 11 is 4.93. The molecule has 2 rings (SSSR count). The number of amides is 1. The number of anilines is 1. The van der Waals surface area contributed by atoms with Gasteiger partial charge in [0.15, 0.2) is 11.6 Å². The maximum atomic E-state index is 13.5. The lowest BCUT2D eigenvalue weighted by Crippen LogP contribution is -2.44. The van der Waals surface area contributed by atoms with Gasteiger partial charge in [-0.25, -0.2) is 13.2 Å². The highest BCUT2D eigenvalue weighted by atomic mass is 32.1. The number of hydrogen-bond acceptors (Lipinski definition) is 2. The molecule has 1 amide bonds. The van der Waals surface area contributed by atoms with E-state index in [4.69, 9.17) is 18.0 Å². The van der Waals surface area contributed by atoms with Crippen molar-refractivity contribution in [1.29, 1.82) is 0 Å². The lowest BCUT2D eigenvalue weighted by Gasteiger charge is -2.26. The Bertz CT molecular complexity index is 571. The van der Waals surface area contributed by atoms with Crippen molar-refractivity contribution in [1.82, 2.24) is 0 Å². The van der Waals surface area contributed by atoms with Crippen LogP contribution in [0.1, 0.15) is 25.7 Å². The van der Waals surface area contributed by atoms with Gasteiger partial charge in [0.1, 0.15) is 5.82 Å². The second-order valence-corrected chi connectivity index (χ2v) is 5.29. The first kappa shape index (κ1) is 14.8. The third-order valence-corrected chi connectivity index (χ3v) is 4.01. The van der Waals surface area contributed by atoms with Gasteiger partial charge in [0.05, 0.1) is 16.1 Å². The van der Waals surface area contributed by atoms with Gasteiger partial charge in [-0.2, -0.15) is 0 Å². The first-order valence-electron chi connectivity index (χ1n) is 6.13. The molecule has 0 unspecified atom stereocenters. The fourth-order valence-electron chi connectivity index (χ4n) is 2.42. The van der Waals surface area contributed by atoms with Gasteiger partial charge in [0.2, 0.25) is 5.91 Å². The Hall–Kier alpha value is -1.63. The van der Waals surface area contributed by atoms with Gasteiger partial charge >= 0.3 is 0 Å². The van der Waals surface area contributed by atoms with Gasteiger partial charge in [-0.05, 0) is 12.8 Å². The minimum Gasteiger partial charge on any atom is -0.392 e. The molecule has 0 radical (unpaired) electrons. The van der Waals surface area contributed by atoms with Crippen LogP contribution >= 0.6 is 12.2 Å². The van der Waals surface area contributed by atoms with E-state index in [-0.39, 0.29) is 4.99 Å². The fraction of sp³-hybridized carbons (Fsp3) is 0.385. The van der Waals surface area contributed by atoms with E-state index >= 15 is 0 Å². The predicted octanol–water partition coefficient (Wildman–Crippen LogP) is 2.89. The quantitative estimate of drug-likeness (QED) is 0.667. The standard InChI is InChI=1S/C13H13F3N2OS/c14-7-5-9(16)10(6-8(7)15)18-12(19)13(11(17)20)3-1-2-4-13/h5-6H,1-4H2,(H2,17,20)(H,18,19). The molecule has 0 bridgehead atoms. The van der Waals surface area contributed by atoms with Crippen LogP contribution in [0.5, 0.6) is 0 Å². The van der Waals surface area contributed by atoms with Crippen LogP contribution in [0.15, 0.2) is 12.1 Å². The number of benzene rings is 1. The number of rotatable bonds is 3. The van der Waals surface area contributed by atoms with Crippen LogP contribution in [0.3, 0.4) is 0 Å². The Labute approximate surface area is 119 Å². The summed E-state index contributed by atoms with van der Waals surface area (Å²) in [6.45, 7) is 0. The zero-order valence-corrected chi connectivity index (χ0v) is 11.3. The molecule has 20 heavy (non-hydrogen) atoms. The molecule has 1 aliphatic rings. The summed E-state index contributed by atoms with van der Waals surface area (Å²) in [5, 5.41) is 2.25. The van der Waals surface area contributed by atoms with Crippen LogP contribution in [-0.2, 0) is 4.79 Å². The highest BCUT2D eigenvalue weighted by molar-refractivity contribution is 7.80. The lowest BCUT2D eigenvalue weighted by atomic mass is 9.85. The third-order valence-electron chi connectivity index (χ3n) is 3.62. The number of nitrogens with one attached hydrogen (secondary N) is 1. The summed E-state index contributed by atoms with van der Waals surface area (Å²) in [5.74, 6) is -4.18. The smallest absolute Gasteiger partial charge is 0.237 e. The van der Waals surface area contributed by atoms with Crippen molar-refractivity contribution in [2.24, 2.45) is 11.1 Å². The zero-order valence-electron chi connectivity index (χ0n) is 10.5. The number of halogens is 3. The van der Waals surface area contributed by atoms with E-state index in [2.05, 4.69) is 5.32 Å². The summed E-state index contributed by atoms with van der Waals surface area (Å²) in [5.41, 5.74) is 4.17. The first-order chi connectivity index (χ1) is 9.36. The number of carbonyl (C=O) groups is 1. The molecule has 0 aromatic heterocycles. The van der Waals surface area contributed by atoms with Crippen LogP contribution in [0.25, 0.3) is 0 Å². The van der Waals surface area contributed by atoms with Crippen molar-refractivity contribution in [3.05, 3.63) is 29.6 Å². The van der Waals surface area contributed by atoms with E-state index in [1.54, 1.807) is 0 Å². The Morgan fingerprint density at radius 1 is 1.15 bits per heavy atom. The summed E-state index contributed by atoms with van der Waals surface area (Å²) in [6.07, 6.45) is 2.51. The minimum atomic E-state index is -1.31. The van der Waals surface area contributed by atoms with Crippen molar-refractivity contribution < 1.29 is 18.0 Å². The van der Waals surface area contributed by atoms with Crippen LogP contribution in [0.2, 0.25) is 0 Å². The molecule has 1 aromatic carbocycles. The van der Waals surface area contributed by atoms with Crippen LogP contribution in [0, 0.1) is 22.9 Å². The molecule has 0 atom stereocenters. The van der Waals surface area contributed by atoms with Gasteiger partial charge in [0.25, 0.3) is 0 Å². The van der Waals surface area contributed by atoms with E-state index in [1.165, 1.54) is 0 Å². The SMILES string of the molecule is NC(=S)C1(C(=O)Nc2cc(F)c(F)cc2F)CCCC1. The second kappa shape index (κ2) is 5.40. The van der Waals surface area contributed by atoms with Crippen molar-refractivity contribution >= 4 is 28.8 Å². The Morgan fingerprint density at radius 2 is 1.70 bits per heavy atom. The molecule has 0 aliphatic heterocycles. The number of thiocarbonyl (C=S) groups is 1. The minimum absolute atomic E-state index is 0.0375. The summed E-state index contributed by atoms with van der Waals surface area (Å²) in [7, 11) is 0. The highest BCUT2D eigenvalue weighted by Gasteiger charge is 2.44. The van der Waals surface area contributed by atoms with Gasteiger partial charge in [-0.3, -0.25) is 4.79 Å². The molecule has 1 aromatic rings. The maximum absolute atomic E-state index is 13.5. The fourth-order valence-corrected chi connectivity index (χ4v) is 2.72. The molecule has 3 N–H and O–H groups in total. The summed E-state index contributed by atoms with van der Waals surface area (Å²) in [6, 6.07) is 0.984. The highest BCUT2D eigenvalue weighted by Crippen LogP contribution is 2.39. The van der Waals surface area contributed by atoms with Gasteiger partial charge in [-0.1, -0.05) is 25.1 Å². The third kappa shape index (κ3) is 2.49. The normalized spacial score (nSPS) is 16.9. The van der Waals surface area contributed by atoms with Gasteiger partial charge in [0, 0.05) is 12.1 Å². The largest absolute Gasteiger partial charge is 0.392 e. The van der Waals surface area contributed by atoms with Crippen molar-refractivity contribution in [2.45, 2.75) is 25.7 Å². The van der Waals surface area contributed by atoms with Crippen molar-refractivity contribution in [2.75, 3.05) is 5.32 Å². The molecular weight excluding hydrogens is 289 g/mol. The Morgan fingerprint density at radius 3 is 2.25 bits per heavy atom. The number of nitrogens with two attached hydrogens (primary N) is 1. The molecule has 0 saturated heterocycles. The Kier molecular flexibility index (Phi) is 3.99. The monoisotopic (exact) mass is 302 g/mol. The van der Waals surface area contributed by atoms with E-state index in [1.807, 2.05) is 0 Å². The van der Waals surface area contributed by atoms with Gasteiger partial charge < -0.3 is 11.1 Å². The second-order valence-electron chi connectivity index (χ2n) is 4.85. The van der Waals surface area contributed by atoms with E-state index < -0.39 is 34.5 Å². The molecule has 1 saturated carbocycles. The molecule has 1 fully saturated rings. The molecule has 0 heterocycles. The molecule has 1 aliphatic carbocycles. The molecule has 7 heteroatoms. The lowest BCUT2D eigenvalue weighted by molar-refractivity contribution is -0.122. The molecule has 0 spiro atoms. The van der Waals surface area contributed by atoms with Crippen molar-refractivity contribution in [3.63, 3.8) is 0 Å². The zero-order chi connectivity index (χ0) is 14.9. The predicted molar refractivity (Wildman–Crippen MR) is 72.6 cm³/mol.